The van der Waals surface area contributed by atoms with Gasteiger partial charge in [0.1, 0.15) is 0 Å². The van der Waals surface area contributed by atoms with Crippen LogP contribution in [-0.4, -0.2) is 20.1 Å². The van der Waals surface area contributed by atoms with Crippen molar-refractivity contribution in [2.75, 3.05) is 0 Å². The zero-order valence-electron chi connectivity index (χ0n) is 7.88. The van der Waals surface area contributed by atoms with Crippen molar-refractivity contribution in [1.29, 1.82) is 0 Å². The maximum absolute atomic E-state index is 10.5. The number of thiol groups is 1. The van der Waals surface area contributed by atoms with Crippen LogP contribution in [0.5, 0.6) is 0 Å². The van der Waals surface area contributed by atoms with Crippen molar-refractivity contribution in [3.63, 3.8) is 0 Å². The van der Waals surface area contributed by atoms with Gasteiger partial charge in [0.05, 0.1) is 17.5 Å². The van der Waals surface area contributed by atoms with E-state index in [1.54, 1.807) is 0 Å². The first-order valence-corrected chi connectivity index (χ1v) is 6.50. The van der Waals surface area contributed by atoms with Crippen molar-refractivity contribution in [3.8, 4) is 0 Å². The predicted molar refractivity (Wildman–Crippen MR) is 54.4 cm³/mol. The molecule has 7 unspecified atom stereocenters. The predicted octanol–water partition coefficient (Wildman–Crippen LogP) is 1.14. The fraction of sp³-hybridized carbons (Fsp3) is 1.00. The van der Waals surface area contributed by atoms with Crippen molar-refractivity contribution in [3.05, 3.63) is 0 Å². The zero-order valence-corrected chi connectivity index (χ0v) is 9.59. The Morgan fingerprint density at radius 1 is 1.57 bits per heavy atom. The van der Waals surface area contributed by atoms with Crippen LogP contribution in [0.4, 0.5) is 0 Å². The van der Waals surface area contributed by atoms with Gasteiger partial charge in [-0.25, -0.2) is 4.21 Å². The van der Waals surface area contributed by atoms with E-state index in [1.165, 1.54) is 6.42 Å². The third-order valence-corrected chi connectivity index (χ3v) is 5.63. The first kappa shape index (κ1) is 9.63. The number of fused-ring (bicyclic) bond motifs is 5. The molecule has 3 fully saturated rings. The Morgan fingerprint density at radius 2 is 2.29 bits per heavy atom. The standard InChI is InChI=1S/C9H14O3S2/c1-9-3-6(9)4-2-5(9)8(13)7(4)12-14(10)11/h4-8,13H,2-3H2,1H3,(H,10,11)/p-1. The van der Waals surface area contributed by atoms with E-state index in [2.05, 4.69) is 19.6 Å². The highest BCUT2D eigenvalue weighted by molar-refractivity contribution is 7.81. The average Bonchev–Trinajstić information content (AvgIpc) is 2.57. The van der Waals surface area contributed by atoms with E-state index in [0.717, 1.165) is 6.42 Å². The van der Waals surface area contributed by atoms with Gasteiger partial charge in [-0.15, -0.1) is 0 Å². The molecule has 0 amide bonds. The Balaban J connectivity index is 1.82. The summed E-state index contributed by atoms with van der Waals surface area (Å²) in [4.78, 5) is 0. The molecule has 0 N–H and O–H groups in total. The molecule has 5 heteroatoms. The highest BCUT2D eigenvalue weighted by Gasteiger charge is 2.72. The second-order valence-electron chi connectivity index (χ2n) is 5.08. The van der Waals surface area contributed by atoms with Crippen LogP contribution >= 0.6 is 12.6 Å². The summed E-state index contributed by atoms with van der Waals surface area (Å²) >= 11 is 2.12. The maximum atomic E-state index is 10.5. The molecule has 0 aromatic rings. The quantitative estimate of drug-likeness (QED) is 0.575. The molecule has 0 radical (unpaired) electrons. The Labute approximate surface area is 91.5 Å². The molecule has 3 saturated carbocycles. The SMILES string of the molecule is CC12CC1C1CC2C(S)C1OS(=O)[O-]. The van der Waals surface area contributed by atoms with Crippen LogP contribution in [0.25, 0.3) is 0 Å². The lowest BCUT2D eigenvalue weighted by atomic mass is 9.87. The number of rotatable bonds is 2. The molecule has 0 saturated heterocycles. The summed E-state index contributed by atoms with van der Waals surface area (Å²) in [5.41, 5.74) is 0.460. The van der Waals surface area contributed by atoms with Crippen molar-refractivity contribution in [2.24, 2.45) is 23.2 Å². The lowest BCUT2D eigenvalue weighted by Crippen LogP contribution is -2.35. The average molecular weight is 233 g/mol. The Kier molecular flexibility index (Phi) is 1.89. The molecule has 80 valence electrons. The highest BCUT2D eigenvalue weighted by Crippen LogP contribution is 2.75. The Bertz CT molecular complexity index is 308. The fourth-order valence-electron chi connectivity index (χ4n) is 3.80. The summed E-state index contributed by atoms with van der Waals surface area (Å²) < 4.78 is 26.0. The molecule has 3 aliphatic carbocycles. The van der Waals surface area contributed by atoms with E-state index in [4.69, 9.17) is 4.18 Å². The van der Waals surface area contributed by atoms with Crippen molar-refractivity contribution < 1.29 is 12.9 Å². The van der Waals surface area contributed by atoms with Gasteiger partial charge in [-0.3, -0.25) is 4.18 Å². The van der Waals surface area contributed by atoms with Crippen molar-refractivity contribution >= 4 is 24.0 Å². The van der Waals surface area contributed by atoms with Crippen LogP contribution in [0.1, 0.15) is 19.8 Å². The normalized spacial score (nSPS) is 61.2. The molecular formula is C9H13O3S2-. The summed E-state index contributed by atoms with van der Waals surface area (Å²) in [6, 6.07) is 0. The largest absolute Gasteiger partial charge is 0.750 e. The second kappa shape index (κ2) is 2.75. The van der Waals surface area contributed by atoms with Crippen LogP contribution in [0.3, 0.4) is 0 Å². The molecule has 0 heterocycles. The van der Waals surface area contributed by atoms with Gasteiger partial charge < -0.3 is 4.55 Å². The minimum absolute atomic E-state index is 0.113. The number of hydrogen-bond donors (Lipinski definition) is 1. The summed E-state index contributed by atoms with van der Waals surface area (Å²) in [5.74, 6) is 1.70. The second-order valence-corrected chi connectivity index (χ2v) is 6.28. The van der Waals surface area contributed by atoms with Gasteiger partial charge in [0, 0.05) is 5.25 Å². The molecule has 14 heavy (non-hydrogen) atoms. The van der Waals surface area contributed by atoms with Crippen LogP contribution in [-0.2, 0) is 15.5 Å². The molecular weight excluding hydrogens is 220 g/mol. The summed E-state index contributed by atoms with van der Waals surface area (Å²) in [6.45, 7) is 2.30. The van der Waals surface area contributed by atoms with Gasteiger partial charge in [-0.05, 0) is 36.0 Å². The molecule has 2 bridgehead atoms. The Hall–Kier alpha value is 0.420. The van der Waals surface area contributed by atoms with E-state index in [0.29, 0.717) is 23.2 Å². The highest BCUT2D eigenvalue weighted by atomic mass is 32.2. The van der Waals surface area contributed by atoms with Crippen LogP contribution in [0, 0.1) is 23.2 Å². The van der Waals surface area contributed by atoms with E-state index < -0.39 is 11.4 Å². The topological polar surface area (TPSA) is 49.4 Å². The van der Waals surface area contributed by atoms with Gasteiger partial charge >= 0.3 is 0 Å². The van der Waals surface area contributed by atoms with Gasteiger partial charge in [0.25, 0.3) is 0 Å². The van der Waals surface area contributed by atoms with E-state index in [-0.39, 0.29) is 11.4 Å². The molecule has 3 aliphatic rings. The van der Waals surface area contributed by atoms with Crippen LogP contribution in [0.15, 0.2) is 0 Å². The molecule has 0 aliphatic heterocycles. The summed E-state index contributed by atoms with van der Waals surface area (Å²) in [7, 11) is 0. The lowest BCUT2D eigenvalue weighted by molar-refractivity contribution is 0.127. The molecule has 0 aromatic carbocycles. The fourth-order valence-corrected chi connectivity index (χ4v) is 5.07. The van der Waals surface area contributed by atoms with Gasteiger partial charge in [0.2, 0.25) is 0 Å². The molecule has 0 spiro atoms. The van der Waals surface area contributed by atoms with Gasteiger partial charge in [-0.1, -0.05) is 6.92 Å². The minimum atomic E-state index is -2.39. The summed E-state index contributed by atoms with van der Waals surface area (Å²) in [6.07, 6.45) is 2.18. The third kappa shape index (κ3) is 1.04. The van der Waals surface area contributed by atoms with E-state index in [9.17, 15) is 8.76 Å². The molecule has 7 atom stereocenters. The maximum Gasteiger partial charge on any atom is 0.0887 e. The summed E-state index contributed by atoms with van der Waals surface area (Å²) in [5, 5.41) is 0.113. The smallest absolute Gasteiger partial charge is 0.0887 e. The van der Waals surface area contributed by atoms with Crippen LogP contribution < -0.4 is 0 Å². The van der Waals surface area contributed by atoms with E-state index >= 15 is 0 Å². The first-order valence-electron chi connectivity index (χ1n) is 4.98. The van der Waals surface area contributed by atoms with E-state index in [1.807, 2.05) is 0 Å². The molecule has 3 nitrogen and oxygen atoms in total. The van der Waals surface area contributed by atoms with Gasteiger partial charge in [0.15, 0.2) is 0 Å². The van der Waals surface area contributed by atoms with Crippen LogP contribution in [0.2, 0.25) is 0 Å². The van der Waals surface area contributed by atoms with Crippen molar-refractivity contribution in [1.82, 2.24) is 0 Å². The Morgan fingerprint density at radius 3 is 2.86 bits per heavy atom. The molecule has 0 aromatic heterocycles. The van der Waals surface area contributed by atoms with Gasteiger partial charge in [-0.2, -0.15) is 12.6 Å². The lowest BCUT2D eigenvalue weighted by Gasteiger charge is -2.31. The number of hydrogen-bond acceptors (Lipinski definition) is 4. The first-order chi connectivity index (χ1) is 6.54. The third-order valence-electron chi connectivity index (χ3n) is 4.60. The van der Waals surface area contributed by atoms with Crippen molar-refractivity contribution in [2.45, 2.75) is 31.1 Å². The minimum Gasteiger partial charge on any atom is -0.750 e. The monoisotopic (exact) mass is 233 g/mol. The zero-order chi connectivity index (χ0) is 10.1. The molecule has 3 rings (SSSR count).